The summed E-state index contributed by atoms with van der Waals surface area (Å²) >= 11 is 0. The molecule has 1 heterocycles. The molecular weight excluding hydrogens is 350 g/mol. The first-order chi connectivity index (χ1) is 13.1. The van der Waals surface area contributed by atoms with Crippen molar-refractivity contribution in [3.05, 3.63) is 35.4 Å². The van der Waals surface area contributed by atoms with Crippen molar-refractivity contribution in [1.82, 2.24) is 15.1 Å². The Bertz CT molecular complexity index is 653. The Morgan fingerprint density at radius 2 is 1.71 bits per heavy atom. The molecule has 1 aromatic carbocycles. The molecule has 5 nitrogen and oxygen atoms in total. The van der Waals surface area contributed by atoms with Gasteiger partial charge in [-0.1, -0.05) is 52.0 Å². The van der Waals surface area contributed by atoms with Crippen LogP contribution in [-0.4, -0.2) is 55.3 Å². The second kappa shape index (κ2) is 9.55. The Balaban J connectivity index is 1.89. The molecule has 0 bridgehead atoms. The minimum absolute atomic E-state index is 0.00528. The predicted molar refractivity (Wildman–Crippen MR) is 114 cm³/mol. The number of hydrogen-bond donors (Lipinski definition) is 1. The van der Waals surface area contributed by atoms with Gasteiger partial charge in [0.05, 0.1) is 6.04 Å². The maximum atomic E-state index is 12.7. The molecule has 1 atom stereocenters. The molecule has 1 unspecified atom stereocenters. The van der Waals surface area contributed by atoms with Gasteiger partial charge in [0.25, 0.3) is 0 Å². The lowest BCUT2D eigenvalue weighted by Crippen LogP contribution is -2.47. The number of rotatable bonds is 6. The van der Waals surface area contributed by atoms with E-state index in [1.165, 1.54) is 11.1 Å². The van der Waals surface area contributed by atoms with Crippen molar-refractivity contribution in [2.45, 2.75) is 53.0 Å². The molecule has 1 N–H and O–H groups in total. The van der Waals surface area contributed by atoms with Gasteiger partial charge in [-0.25, -0.2) is 0 Å². The molecule has 28 heavy (non-hydrogen) atoms. The maximum absolute atomic E-state index is 12.7. The van der Waals surface area contributed by atoms with E-state index >= 15 is 0 Å². The predicted octanol–water partition coefficient (Wildman–Crippen LogP) is 3.25. The zero-order valence-electron chi connectivity index (χ0n) is 18.4. The normalized spacial score (nSPS) is 16.9. The van der Waals surface area contributed by atoms with Crippen molar-refractivity contribution < 1.29 is 9.59 Å². The average Bonchev–Trinajstić information content (AvgIpc) is 2.67. The van der Waals surface area contributed by atoms with E-state index in [9.17, 15) is 9.59 Å². The summed E-state index contributed by atoms with van der Waals surface area (Å²) in [7, 11) is 4.09. The lowest BCUT2D eigenvalue weighted by Gasteiger charge is -2.35. The van der Waals surface area contributed by atoms with Crippen LogP contribution in [0, 0.1) is 11.3 Å². The van der Waals surface area contributed by atoms with E-state index in [1.807, 2.05) is 39.8 Å². The number of likely N-dealkylation sites (tertiary alicyclic amines) is 1. The summed E-state index contributed by atoms with van der Waals surface area (Å²) in [4.78, 5) is 29.2. The van der Waals surface area contributed by atoms with Crippen molar-refractivity contribution in [3.8, 4) is 0 Å². The van der Waals surface area contributed by atoms with Crippen LogP contribution in [0.1, 0.15) is 57.7 Å². The molecule has 5 heteroatoms. The van der Waals surface area contributed by atoms with Crippen LogP contribution < -0.4 is 5.32 Å². The number of nitrogens with zero attached hydrogens (tertiary/aromatic N) is 2. The van der Waals surface area contributed by atoms with Gasteiger partial charge in [-0.2, -0.15) is 0 Å². The summed E-state index contributed by atoms with van der Waals surface area (Å²) in [6.07, 6.45) is 2.51. The highest BCUT2D eigenvalue weighted by Gasteiger charge is 2.32. The van der Waals surface area contributed by atoms with E-state index in [0.717, 1.165) is 19.3 Å². The molecule has 1 saturated heterocycles. The van der Waals surface area contributed by atoms with Crippen LogP contribution in [0.2, 0.25) is 0 Å². The van der Waals surface area contributed by atoms with Crippen molar-refractivity contribution in [2.75, 3.05) is 33.7 Å². The van der Waals surface area contributed by atoms with E-state index in [0.29, 0.717) is 19.6 Å². The van der Waals surface area contributed by atoms with E-state index in [4.69, 9.17) is 0 Å². The summed E-state index contributed by atoms with van der Waals surface area (Å²) in [5, 5.41) is 3.15. The number of benzene rings is 1. The third-order valence-electron chi connectivity index (χ3n) is 5.66. The summed E-state index contributed by atoms with van der Waals surface area (Å²) < 4.78 is 0. The lowest BCUT2D eigenvalue weighted by molar-refractivity contribution is -0.142. The molecule has 1 fully saturated rings. The standard InChI is InChI=1S/C23H37N3O2/c1-7-17-8-10-18(11-9-17)20(25(5)6)16-24-21(27)19-12-14-26(15-13-19)22(28)23(2,3)4/h8-11,19-20H,7,12-16H2,1-6H3,(H,24,27). The van der Waals surface area contributed by atoms with Crippen molar-refractivity contribution in [1.29, 1.82) is 0 Å². The summed E-state index contributed by atoms with van der Waals surface area (Å²) in [6, 6.07) is 8.79. The highest BCUT2D eigenvalue weighted by molar-refractivity contribution is 5.82. The quantitative estimate of drug-likeness (QED) is 0.815. The van der Waals surface area contributed by atoms with Crippen LogP contribution in [0.5, 0.6) is 0 Å². The number of hydrogen-bond acceptors (Lipinski definition) is 3. The Kier molecular flexibility index (Phi) is 7.64. The molecule has 2 rings (SSSR count). The molecule has 0 saturated carbocycles. The molecule has 0 radical (unpaired) electrons. The van der Waals surface area contributed by atoms with E-state index in [-0.39, 0.29) is 29.2 Å². The van der Waals surface area contributed by atoms with Crippen LogP contribution in [0.3, 0.4) is 0 Å². The molecule has 0 spiro atoms. The second-order valence-corrected chi connectivity index (χ2v) is 9.14. The Morgan fingerprint density at radius 1 is 1.14 bits per heavy atom. The van der Waals surface area contributed by atoms with Gasteiger partial charge in [-0.3, -0.25) is 9.59 Å². The Labute approximate surface area is 170 Å². The fraction of sp³-hybridized carbons (Fsp3) is 0.652. The van der Waals surface area contributed by atoms with Crippen LogP contribution in [0.25, 0.3) is 0 Å². The summed E-state index contributed by atoms with van der Waals surface area (Å²) in [6.45, 7) is 9.93. The third-order valence-corrected chi connectivity index (χ3v) is 5.66. The van der Waals surface area contributed by atoms with Gasteiger partial charge < -0.3 is 15.1 Å². The van der Waals surface area contributed by atoms with Crippen LogP contribution in [0.4, 0.5) is 0 Å². The van der Waals surface area contributed by atoms with Crippen molar-refractivity contribution in [3.63, 3.8) is 0 Å². The SMILES string of the molecule is CCc1ccc(C(CNC(=O)C2CCN(C(=O)C(C)(C)C)CC2)N(C)C)cc1. The fourth-order valence-corrected chi connectivity index (χ4v) is 3.73. The minimum atomic E-state index is -0.360. The first-order valence-electron chi connectivity index (χ1n) is 10.5. The summed E-state index contributed by atoms with van der Waals surface area (Å²) in [5.74, 6) is 0.281. The van der Waals surface area contributed by atoms with Gasteiger partial charge in [0.1, 0.15) is 0 Å². The first-order valence-corrected chi connectivity index (χ1v) is 10.5. The van der Waals surface area contributed by atoms with Crippen LogP contribution >= 0.6 is 0 Å². The van der Waals surface area contributed by atoms with Crippen LogP contribution in [-0.2, 0) is 16.0 Å². The zero-order chi connectivity index (χ0) is 20.9. The first kappa shape index (κ1) is 22.4. The minimum Gasteiger partial charge on any atom is -0.354 e. The van der Waals surface area contributed by atoms with Gasteiger partial charge in [0.15, 0.2) is 0 Å². The molecule has 1 aromatic rings. The molecule has 1 aliphatic heterocycles. The topological polar surface area (TPSA) is 52.7 Å². The maximum Gasteiger partial charge on any atom is 0.227 e. The number of likely N-dealkylation sites (N-methyl/N-ethyl adjacent to an activating group) is 1. The highest BCUT2D eigenvalue weighted by atomic mass is 16.2. The highest BCUT2D eigenvalue weighted by Crippen LogP contribution is 2.24. The van der Waals surface area contributed by atoms with E-state index in [1.54, 1.807) is 0 Å². The average molecular weight is 388 g/mol. The molecular formula is C23H37N3O2. The van der Waals surface area contributed by atoms with Gasteiger partial charge in [-0.05, 0) is 44.5 Å². The zero-order valence-corrected chi connectivity index (χ0v) is 18.4. The van der Waals surface area contributed by atoms with Crippen molar-refractivity contribution in [2.24, 2.45) is 11.3 Å². The summed E-state index contributed by atoms with van der Waals surface area (Å²) in [5.41, 5.74) is 2.18. The molecule has 1 aliphatic rings. The molecule has 0 aromatic heterocycles. The van der Waals surface area contributed by atoms with Crippen molar-refractivity contribution >= 4 is 11.8 Å². The number of aryl methyl sites for hydroxylation is 1. The van der Waals surface area contributed by atoms with Gasteiger partial charge in [-0.15, -0.1) is 0 Å². The Hall–Kier alpha value is -1.88. The Morgan fingerprint density at radius 3 is 2.18 bits per heavy atom. The smallest absolute Gasteiger partial charge is 0.227 e. The number of nitrogens with one attached hydrogen (secondary N) is 1. The van der Waals surface area contributed by atoms with Gasteiger partial charge in [0, 0.05) is 31.0 Å². The number of amides is 2. The molecule has 156 valence electrons. The lowest BCUT2D eigenvalue weighted by atomic mass is 9.90. The van der Waals surface area contributed by atoms with Gasteiger partial charge in [0.2, 0.25) is 11.8 Å². The van der Waals surface area contributed by atoms with Crippen LogP contribution in [0.15, 0.2) is 24.3 Å². The van der Waals surface area contributed by atoms with E-state index in [2.05, 4.69) is 41.4 Å². The van der Waals surface area contributed by atoms with Gasteiger partial charge >= 0.3 is 0 Å². The van der Waals surface area contributed by atoms with E-state index < -0.39 is 0 Å². The number of piperidine rings is 1. The monoisotopic (exact) mass is 387 g/mol. The number of carbonyl (C=O) groups is 2. The third kappa shape index (κ3) is 5.81. The fourth-order valence-electron chi connectivity index (χ4n) is 3.73. The largest absolute Gasteiger partial charge is 0.354 e. The number of carbonyl (C=O) groups excluding carboxylic acids is 2. The molecule has 2 amide bonds. The molecule has 0 aliphatic carbocycles. The second-order valence-electron chi connectivity index (χ2n) is 9.14.